The Kier molecular flexibility index (Phi) is 5.59. The van der Waals surface area contributed by atoms with Gasteiger partial charge in [0.25, 0.3) is 10.0 Å². The van der Waals surface area contributed by atoms with E-state index in [0.29, 0.717) is 12.8 Å². The van der Waals surface area contributed by atoms with Crippen LogP contribution in [0.15, 0.2) is 46.0 Å². The summed E-state index contributed by atoms with van der Waals surface area (Å²) in [6.45, 7) is 0.455. The number of amides is 1. The lowest BCUT2D eigenvalue weighted by Crippen LogP contribution is -2.41. The van der Waals surface area contributed by atoms with Crippen molar-refractivity contribution in [2.75, 3.05) is 18.4 Å². The number of rotatable bonds is 4. The maximum Gasteiger partial charge on any atom is 0.416 e. The first-order valence-electron chi connectivity index (χ1n) is 8.20. The van der Waals surface area contributed by atoms with Gasteiger partial charge >= 0.3 is 6.18 Å². The van der Waals surface area contributed by atoms with Gasteiger partial charge in [-0.1, -0.05) is 6.07 Å². The van der Waals surface area contributed by atoms with E-state index in [9.17, 15) is 26.4 Å². The Labute approximate surface area is 158 Å². The number of thiophene rings is 1. The number of piperidine rings is 1. The Bertz CT molecular complexity index is 887. The molecule has 0 unspecified atom stereocenters. The second-order valence-electron chi connectivity index (χ2n) is 6.17. The van der Waals surface area contributed by atoms with Crippen LogP contribution in [0.2, 0.25) is 0 Å². The fourth-order valence-corrected chi connectivity index (χ4v) is 5.50. The number of sulfonamides is 1. The number of benzene rings is 1. The summed E-state index contributed by atoms with van der Waals surface area (Å²) in [6.07, 6.45) is -3.71. The van der Waals surface area contributed by atoms with Crippen LogP contribution in [-0.4, -0.2) is 31.7 Å². The molecule has 1 aliphatic heterocycles. The van der Waals surface area contributed by atoms with Gasteiger partial charge in [0.15, 0.2) is 0 Å². The van der Waals surface area contributed by atoms with Gasteiger partial charge in [0, 0.05) is 24.7 Å². The molecule has 1 N–H and O–H groups in total. The average molecular weight is 418 g/mol. The van der Waals surface area contributed by atoms with Crippen molar-refractivity contribution in [3.63, 3.8) is 0 Å². The van der Waals surface area contributed by atoms with Crippen molar-refractivity contribution in [2.24, 2.45) is 5.92 Å². The Hall–Kier alpha value is -1.91. The third-order valence-corrected chi connectivity index (χ3v) is 7.67. The topological polar surface area (TPSA) is 66.5 Å². The first kappa shape index (κ1) is 19.8. The standard InChI is InChI=1S/C17H17F3N2O3S2/c18-17(19,20)13-3-5-14(6-4-13)21-16(23)12-7-9-22(10-8-12)27(24,25)15-2-1-11-26-15/h1-6,11-12H,7-10H2,(H,21,23). The number of alkyl halides is 3. The van der Waals surface area contributed by atoms with Crippen molar-refractivity contribution < 1.29 is 26.4 Å². The van der Waals surface area contributed by atoms with Crippen molar-refractivity contribution in [2.45, 2.75) is 23.2 Å². The fourth-order valence-electron chi connectivity index (χ4n) is 2.88. The summed E-state index contributed by atoms with van der Waals surface area (Å²) >= 11 is 1.15. The van der Waals surface area contributed by atoms with Gasteiger partial charge in [0.1, 0.15) is 4.21 Å². The Morgan fingerprint density at radius 1 is 1.11 bits per heavy atom. The molecule has 1 aromatic heterocycles. The number of hydrogen-bond donors (Lipinski definition) is 1. The molecule has 0 radical (unpaired) electrons. The number of halogens is 3. The molecule has 1 aromatic carbocycles. The molecule has 0 spiro atoms. The van der Waals surface area contributed by atoms with Crippen molar-refractivity contribution in [1.82, 2.24) is 4.31 Å². The number of carbonyl (C=O) groups is 1. The highest BCUT2D eigenvalue weighted by Crippen LogP contribution is 2.30. The van der Waals surface area contributed by atoms with E-state index < -0.39 is 21.8 Å². The van der Waals surface area contributed by atoms with Crippen LogP contribution < -0.4 is 5.32 Å². The molecule has 5 nitrogen and oxygen atoms in total. The molecule has 1 fully saturated rings. The van der Waals surface area contributed by atoms with Crippen LogP contribution in [0.4, 0.5) is 18.9 Å². The third kappa shape index (κ3) is 4.50. The maximum absolute atomic E-state index is 12.6. The summed E-state index contributed by atoms with van der Waals surface area (Å²) in [4.78, 5) is 12.3. The normalized spacial score (nSPS) is 17.0. The van der Waals surface area contributed by atoms with E-state index in [-0.39, 0.29) is 34.8 Å². The van der Waals surface area contributed by atoms with E-state index >= 15 is 0 Å². The zero-order chi connectivity index (χ0) is 19.7. The van der Waals surface area contributed by atoms with E-state index in [1.54, 1.807) is 17.5 Å². The lowest BCUT2D eigenvalue weighted by molar-refractivity contribution is -0.137. The number of anilines is 1. The molecule has 3 rings (SSSR count). The lowest BCUT2D eigenvalue weighted by Gasteiger charge is -2.30. The monoisotopic (exact) mass is 418 g/mol. The summed E-state index contributed by atoms with van der Waals surface area (Å²) in [5.74, 6) is -0.704. The summed E-state index contributed by atoms with van der Waals surface area (Å²) in [5, 5.41) is 4.29. The van der Waals surface area contributed by atoms with Crippen molar-refractivity contribution in [3.8, 4) is 0 Å². The van der Waals surface area contributed by atoms with Gasteiger partial charge in [-0.15, -0.1) is 11.3 Å². The summed E-state index contributed by atoms with van der Waals surface area (Å²) in [7, 11) is -3.53. The molecule has 0 atom stereocenters. The third-order valence-electron chi connectivity index (χ3n) is 4.39. The van der Waals surface area contributed by atoms with Gasteiger partial charge in [0.05, 0.1) is 5.56 Å². The molecule has 27 heavy (non-hydrogen) atoms. The number of carbonyl (C=O) groups excluding carboxylic acids is 1. The van der Waals surface area contributed by atoms with Crippen LogP contribution in [0.3, 0.4) is 0 Å². The second-order valence-corrected chi connectivity index (χ2v) is 9.29. The molecular formula is C17H17F3N2O3S2. The Balaban J connectivity index is 1.57. The zero-order valence-corrected chi connectivity index (χ0v) is 15.7. The van der Waals surface area contributed by atoms with Gasteiger partial charge in [-0.05, 0) is 48.6 Å². The fraction of sp³-hybridized carbons (Fsp3) is 0.353. The van der Waals surface area contributed by atoms with Crippen molar-refractivity contribution in [3.05, 3.63) is 47.3 Å². The van der Waals surface area contributed by atoms with Crippen LogP contribution in [0.5, 0.6) is 0 Å². The number of hydrogen-bond acceptors (Lipinski definition) is 4. The van der Waals surface area contributed by atoms with E-state index in [4.69, 9.17) is 0 Å². The molecule has 1 amide bonds. The van der Waals surface area contributed by atoms with Crippen LogP contribution >= 0.6 is 11.3 Å². The first-order chi connectivity index (χ1) is 12.7. The molecule has 2 heterocycles. The van der Waals surface area contributed by atoms with Crippen LogP contribution in [0.25, 0.3) is 0 Å². The van der Waals surface area contributed by atoms with Gasteiger partial charge in [-0.3, -0.25) is 4.79 Å². The summed E-state index contributed by atoms with van der Waals surface area (Å²) in [5.41, 5.74) is -0.505. The largest absolute Gasteiger partial charge is 0.416 e. The van der Waals surface area contributed by atoms with Gasteiger partial charge in [0.2, 0.25) is 5.91 Å². The quantitative estimate of drug-likeness (QED) is 0.821. The number of nitrogens with one attached hydrogen (secondary N) is 1. The van der Waals surface area contributed by atoms with E-state index in [1.165, 1.54) is 16.4 Å². The van der Waals surface area contributed by atoms with Gasteiger partial charge in [-0.25, -0.2) is 8.42 Å². The highest BCUT2D eigenvalue weighted by Gasteiger charge is 2.33. The Morgan fingerprint density at radius 2 is 1.74 bits per heavy atom. The van der Waals surface area contributed by atoms with E-state index in [1.807, 2.05) is 0 Å². The molecule has 10 heteroatoms. The molecule has 1 aliphatic rings. The van der Waals surface area contributed by atoms with Gasteiger partial charge in [-0.2, -0.15) is 17.5 Å². The molecule has 1 saturated heterocycles. The second kappa shape index (κ2) is 7.61. The minimum atomic E-state index is -4.43. The van der Waals surface area contributed by atoms with Crippen LogP contribution in [-0.2, 0) is 21.0 Å². The maximum atomic E-state index is 12.6. The molecule has 0 bridgehead atoms. The number of nitrogens with zero attached hydrogens (tertiary/aromatic N) is 1. The van der Waals surface area contributed by atoms with Crippen molar-refractivity contribution in [1.29, 1.82) is 0 Å². The predicted molar refractivity (Wildman–Crippen MR) is 95.9 cm³/mol. The highest BCUT2D eigenvalue weighted by atomic mass is 32.2. The minimum Gasteiger partial charge on any atom is -0.326 e. The minimum absolute atomic E-state index is 0.228. The summed E-state index contributed by atoms with van der Waals surface area (Å²) in [6, 6.07) is 7.44. The molecule has 0 saturated carbocycles. The molecule has 146 valence electrons. The predicted octanol–water partition coefficient (Wildman–Crippen LogP) is 3.81. The molecule has 0 aliphatic carbocycles. The smallest absolute Gasteiger partial charge is 0.326 e. The molecular weight excluding hydrogens is 401 g/mol. The zero-order valence-electron chi connectivity index (χ0n) is 14.1. The van der Waals surface area contributed by atoms with Gasteiger partial charge < -0.3 is 5.32 Å². The van der Waals surface area contributed by atoms with Crippen LogP contribution in [0.1, 0.15) is 18.4 Å². The SMILES string of the molecule is O=C(Nc1ccc(C(F)(F)F)cc1)C1CCN(S(=O)(=O)c2cccs2)CC1. The highest BCUT2D eigenvalue weighted by molar-refractivity contribution is 7.91. The molecule has 2 aromatic rings. The Morgan fingerprint density at radius 3 is 2.26 bits per heavy atom. The lowest BCUT2D eigenvalue weighted by atomic mass is 9.97. The summed E-state index contributed by atoms with van der Waals surface area (Å²) < 4.78 is 64.3. The van der Waals surface area contributed by atoms with Crippen LogP contribution in [0, 0.1) is 5.92 Å². The van der Waals surface area contributed by atoms with E-state index in [0.717, 1.165) is 23.5 Å². The average Bonchev–Trinajstić information content (AvgIpc) is 3.17. The first-order valence-corrected chi connectivity index (χ1v) is 10.5. The van der Waals surface area contributed by atoms with E-state index in [2.05, 4.69) is 5.32 Å². The van der Waals surface area contributed by atoms with Crippen molar-refractivity contribution >= 4 is 33.0 Å².